The van der Waals surface area contributed by atoms with Gasteiger partial charge < -0.3 is 29.0 Å². The highest BCUT2D eigenvalue weighted by atomic mass is 16.5. The van der Waals surface area contributed by atoms with Gasteiger partial charge in [0.15, 0.2) is 11.5 Å². The Labute approximate surface area is 218 Å². The van der Waals surface area contributed by atoms with E-state index in [1.807, 2.05) is 13.8 Å². The highest BCUT2D eigenvalue weighted by Gasteiger charge is 2.46. The summed E-state index contributed by atoms with van der Waals surface area (Å²) in [7, 11) is 1.58. The Morgan fingerprint density at radius 1 is 1.03 bits per heavy atom. The smallest absolute Gasteiger partial charge is 0.295 e. The van der Waals surface area contributed by atoms with E-state index in [4.69, 9.17) is 18.9 Å². The zero-order chi connectivity index (χ0) is 26.8. The lowest BCUT2D eigenvalue weighted by molar-refractivity contribution is -0.140. The molecule has 1 N–H and O–H groups in total. The van der Waals surface area contributed by atoms with Gasteiger partial charge in [0.25, 0.3) is 11.7 Å². The van der Waals surface area contributed by atoms with Gasteiger partial charge in [0, 0.05) is 25.8 Å². The molecule has 0 radical (unpaired) electrons. The van der Waals surface area contributed by atoms with Crippen molar-refractivity contribution < 1.29 is 33.6 Å². The number of Topliss-reactive ketones (excluding diaryl/α,β-unsaturated/α-hetero) is 1. The highest BCUT2D eigenvalue weighted by molar-refractivity contribution is 6.46. The van der Waals surface area contributed by atoms with Crippen molar-refractivity contribution in [1.29, 1.82) is 0 Å². The van der Waals surface area contributed by atoms with E-state index in [0.29, 0.717) is 61.2 Å². The molecule has 0 aliphatic carbocycles. The lowest BCUT2D eigenvalue weighted by Crippen LogP contribution is -2.31. The number of nitrogens with zero attached hydrogens (tertiary/aromatic N) is 1. The summed E-state index contributed by atoms with van der Waals surface area (Å²) < 4.78 is 22.3. The monoisotopic (exact) mass is 509 g/mol. The van der Waals surface area contributed by atoms with Gasteiger partial charge in [0.1, 0.15) is 18.1 Å². The van der Waals surface area contributed by atoms with Crippen molar-refractivity contribution in [2.75, 3.05) is 40.1 Å². The van der Waals surface area contributed by atoms with Gasteiger partial charge in [-0.2, -0.15) is 0 Å². The van der Waals surface area contributed by atoms with Crippen LogP contribution in [0.25, 0.3) is 5.76 Å². The molecule has 1 atom stereocenters. The molecule has 1 aliphatic rings. The Balaban J connectivity index is 2.09. The molecule has 8 nitrogen and oxygen atoms in total. The number of carbonyl (C=O) groups excluding carboxylic acids is 2. The van der Waals surface area contributed by atoms with Crippen molar-refractivity contribution in [3.63, 3.8) is 0 Å². The van der Waals surface area contributed by atoms with E-state index in [9.17, 15) is 14.7 Å². The Morgan fingerprint density at radius 2 is 1.78 bits per heavy atom. The Bertz CT molecular complexity index is 1120. The summed E-state index contributed by atoms with van der Waals surface area (Å²) in [5, 5.41) is 11.3. The van der Waals surface area contributed by atoms with Gasteiger partial charge in [-0.25, -0.2) is 0 Å². The largest absolute Gasteiger partial charge is 0.507 e. The van der Waals surface area contributed by atoms with E-state index in [2.05, 4.69) is 6.58 Å². The van der Waals surface area contributed by atoms with Gasteiger partial charge in [-0.1, -0.05) is 25.6 Å². The minimum Gasteiger partial charge on any atom is -0.507 e. The molecule has 0 bridgehead atoms. The average Bonchev–Trinajstić information content (AvgIpc) is 3.16. The minimum absolute atomic E-state index is 0.0202. The van der Waals surface area contributed by atoms with Crippen molar-refractivity contribution >= 4 is 17.4 Å². The van der Waals surface area contributed by atoms with Crippen LogP contribution in [0, 0.1) is 0 Å². The maximum absolute atomic E-state index is 13.2. The number of carbonyl (C=O) groups is 2. The number of likely N-dealkylation sites (tertiary alicyclic amines) is 1. The first-order valence-corrected chi connectivity index (χ1v) is 12.5. The highest BCUT2D eigenvalue weighted by Crippen LogP contribution is 2.42. The number of amides is 1. The zero-order valence-corrected chi connectivity index (χ0v) is 21.7. The van der Waals surface area contributed by atoms with Gasteiger partial charge in [0.05, 0.1) is 24.8 Å². The predicted octanol–water partition coefficient (Wildman–Crippen LogP) is 4.90. The molecule has 8 heteroatoms. The van der Waals surface area contributed by atoms with E-state index in [1.165, 1.54) is 4.90 Å². The van der Waals surface area contributed by atoms with Gasteiger partial charge in [-0.15, -0.1) is 0 Å². The molecule has 0 spiro atoms. The zero-order valence-electron chi connectivity index (χ0n) is 21.7. The minimum atomic E-state index is -0.805. The second-order valence-electron chi connectivity index (χ2n) is 8.45. The molecule has 2 aromatic rings. The van der Waals surface area contributed by atoms with Crippen LogP contribution in [-0.4, -0.2) is 61.8 Å². The normalized spacial score (nSPS) is 16.6. The molecular formula is C29H35NO7. The second kappa shape index (κ2) is 13.5. The van der Waals surface area contributed by atoms with E-state index < -0.39 is 17.7 Å². The van der Waals surface area contributed by atoms with Crippen molar-refractivity contribution in [2.24, 2.45) is 0 Å². The predicted molar refractivity (Wildman–Crippen MR) is 141 cm³/mol. The molecule has 1 fully saturated rings. The fourth-order valence-corrected chi connectivity index (χ4v) is 4.15. The van der Waals surface area contributed by atoms with E-state index >= 15 is 0 Å². The summed E-state index contributed by atoms with van der Waals surface area (Å²) in [5.74, 6) is -0.00561. The number of aliphatic hydroxyl groups excluding tert-OH is 1. The van der Waals surface area contributed by atoms with Gasteiger partial charge in [-0.05, 0) is 61.7 Å². The first-order chi connectivity index (χ1) is 18.0. The molecule has 1 aliphatic heterocycles. The quantitative estimate of drug-likeness (QED) is 0.127. The number of methoxy groups -OCH3 is 1. The molecule has 0 aromatic heterocycles. The first kappa shape index (κ1) is 27.8. The Morgan fingerprint density at radius 3 is 2.43 bits per heavy atom. The number of benzene rings is 2. The number of ketones is 1. The maximum atomic E-state index is 13.2. The fraction of sp³-hybridized carbons (Fsp3) is 0.379. The molecule has 2 aromatic carbocycles. The van der Waals surface area contributed by atoms with Crippen LogP contribution in [0.2, 0.25) is 0 Å². The lowest BCUT2D eigenvalue weighted by Gasteiger charge is -2.26. The molecular weight excluding hydrogens is 474 g/mol. The van der Waals surface area contributed by atoms with Crippen LogP contribution in [0.3, 0.4) is 0 Å². The number of hydrogen-bond acceptors (Lipinski definition) is 7. The maximum Gasteiger partial charge on any atom is 0.295 e. The summed E-state index contributed by atoms with van der Waals surface area (Å²) in [4.78, 5) is 27.8. The van der Waals surface area contributed by atoms with Crippen LogP contribution in [0.15, 0.2) is 60.7 Å². The second-order valence-corrected chi connectivity index (χ2v) is 8.45. The summed E-state index contributed by atoms with van der Waals surface area (Å²) in [6.45, 7) is 9.52. The Kier molecular flexibility index (Phi) is 10.1. The van der Waals surface area contributed by atoms with Crippen LogP contribution in [0.1, 0.15) is 43.9 Å². The number of ether oxygens (including phenoxy) is 4. The third-order valence-electron chi connectivity index (χ3n) is 5.83. The molecule has 1 amide bonds. The van der Waals surface area contributed by atoms with Gasteiger partial charge in [0.2, 0.25) is 0 Å². The molecule has 198 valence electrons. The van der Waals surface area contributed by atoms with Crippen LogP contribution in [0.4, 0.5) is 0 Å². The molecule has 1 unspecified atom stereocenters. The van der Waals surface area contributed by atoms with Crippen LogP contribution in [-0.2, 0) is 14.3 Å². The van der Waals surface area contributed by atoms with Crippen molar-refractivity contribution in [2.45, 2.75) is 32.7 Å². The number of rotatable bonds is 14. The average molecular weight is 510 g/mol. The lowest BCUT2D eigenvalue weighted by atomic mass is 9.95. The van der Waals surface area contributed by atoms with Crippen LogP contribution < -0.4 is 14.2 Å². The topological polar surface area (TPSA) is 94.5 Å². The first-order valence-electron chi connectivity index (χ1n) is 12.5. The fourth-order valence-electron chi connectivity index (χ4n) is 4.15. The van der Waals surface area contributed by atoms with Gasteiger partial charge in [-0.3, -0.25) is 9.59 Å². The molecule has 37 heavy (non-hydrogen) atoms. The van der Waals surface area contributed by atoms with E-state index in [-0.39, 0.29) is 17.9 Å². The number of hydrogen-bond donors (Lipinski definition) is 1. The number of aliphatic hydroxyl groups is 1. The standard InChI is InChI=1S/C29H35NO7/c1-5-16-36-22-12-9-20(10-13-22)27(31)25-26(30(15-8-18-34-4)29(33)28(25)32)21-11-14-23(37-17-6-2)24(19-21)35-7-3/h6,9-14,19,26,31H,2,5,7-8,15-18H2,1,3-4H3/b27-25+. The van der Waals surface area contributed by atoms with Crippen LogP contribution >= 0.6 is 0 Å². The van der Waals surface area contributed by atoms with Crippen LogP contribution in [0.5, 0.6) is 17.2 Å². The van der Waals surface area contributed by atoms with Crippen molar-refractivity contribution in [1.82, 2.24) is 4.90 Å². The Hall–Kier alpha value is -3.78. The summed E-state index contributed by atoms with van der Waals surface area (Å²) >= 11 is 0. The molecule has 0 saturated carbocycles. The molecule has 3 rings (SSSR count). The molecule has 1 saturated heterocycles. The van der Waals surface area contributed by atoms with Crippen molar-refractivity contribution in [3.05, 3.63) is 71.8 Å². The van der Waals surface area contributed by atoms with Gasteiger partial charge >= 0.3 is 0 Å². The molecule has 1 heterocycles. The van der Waals surface area contributed by atoms with Crippen molar-refractivity contribution in [3.8, 4) is 17.2 Å². The summed E-state index contributed by atoms with van der Waals surface area (Å²) in [6, 6.07) is 11.3. The van der Waals surface area contributed by atoms with E-state index in [1.54, 1.807) is 55.7 Å². The summed E-state index contributed by atoms with van der Waals surface area (Å²) in [5.41, 5.74) is 1.06. The SMILES string of the molecule is C=CCOc1ccc(C2/C(=C(\O)c3ccc(OCCC)cc3)C(=O)C(=O)N2CCCOC)cc1OCC. The third kappa shape index (κ3) is 6.51. The summed E-state index contributed by atoms with van der Waals surface area (Å²) in [6.07, 6.45) is 3.03. The van der Waals surface area contributed by atoms with E-state index in [0.717, 1.165) is 6.42 Å². The third-order valence-corrected chi connectivity index (χ3v) is 5.83.